The van der Waals surface area contributed by atoms with Gasteiger partial charge in [-0.15, -0.1) is 0 Å². The van der Waals surface area contributed by atoms with Crippen LogP contribution < -0.4 is 5.48 Å². The van der Waals surface area contributed by atoms with Gasteiger partial charge in [0, 0.05) is 6.42 Å². The molecule has 38 heavy (non-hydrogen) atoms. The molecule has 0 heterocycles. The van der Waals surface area contributed by atoms with E-state index >= 15 is 0 Å². The van der Waals surface area contributed by atoms with Gasteiger partial charge in [0.2, 0.25) is 5.91 Å². The smallest absolute Gasteiger partial charge is 0.303 e. The van der Waals surface area contributed by atoms with Crippen molar-refractivity contribution < 1.29 is 28.9 Å². The number of phosphoric acid groups is 1. The summed E-state index contributed by atoms with van der Waals surface area (Å²) in [5.74, 6) is -0.268. The van der Waals surface area contributed by atoms with Crippen molar-refractivity contribution in [1.82, 2.24) is 5.48 Å². The first-order valence-corrected chi connectivity index (χ1v) is 17.6. The molecular formula is C30H62NO6P. The zero-order valence-corrected chi connectivity index (χ0v) is 25.4. The van der Waals surface area contributed by atoms with Gasteiger partial charge >= 0.3 is 7.82 Å². The van der Waals surface area contributed by atoms with Gasteiger partial charge in [0.05, 0.1) is 6.61 Å². The third kappa shape index (κ3) is 33.6. The van der Waals surface area contributed by atoms with Crippen LogP contribution in [0.15, 0.2) is 0 Å². The number of hydrogen-bond donors (Lipinski definition) is 4. The second-order valence-corrected chi connectivity index (χ2v) is 12.4. The Bertz CT molecular complexity index is 543. The molecule has 0 saturated carbocycles. The largest absolute Gasteiger partial charge is 0.469 e. The Kier molecular flexibility index (Phi) is 29.2. The molecule has 0 unspecified atom stereocenters. The van der Waals surface area contributed by atoms with Crippen molar-refractivity contribution in [3.05, 3.63) is 0 Å². The van der Waals surface area contributed by atoms with Crippen molar-refractivity contribution in [3.8, 4) is 0 Å². The highest BCUT2D eigenvalue weighted by molar-refractivity contribution is 7.46. The third-order valence-electron chi connectivity index (χ3n) is 7.43. The molecule has 0 fully saturated rings. The summed E-state index contributed by atoms with van der Waals surface area (Å²) in [5.41, 5.74) is 1.69. The average molecular weight is 564 g/mol. The Morgan fingerprint density at radius 2 is 0.711 bits per heavy atom. The topological polar surface area (TPSA) is 116 Å². The average Bonchev–Trinajstić information content (AvgIpc) is 2.89. The predicted molar refractivity (Wildman–Crippen MR) is 157 cm³/mol. The van der Waals surface area contributed by atoms with E-state index in [0.29, 0.717) is 6.42 Å². The van der Waals surface area contributed by atoms with Crippen molar-refractivity contribution in [1.29, 1.82) is 0 Å². The predicted octanol–water partition coefficient (Wildman–Crippen LogP) is 9.52. The van der Waals surface area contributed by atoms with Gasteiger partial charge in [0.25, 0.3) is 0 Å². The maximum Gasteiger partial charge on any atom is 0.469 e. The maximum absolute atomic E-state index is 10.9. The van der Waals surface area contributed by atoms with Gasteiger partial charge in [-0.25, -0.2) is 10.0 Å². The van der Waals surface area contributed by atoms with Crippen LogP contribution >= 0.6 is 7.82 Å². The molecule has 0 aromatic carbocycles. The molecule has 0 aromatic heterocycles. The van der Waals surface area contributed by atoms with Gasteiger partial charge in [-0.05, 0) is 12.8 Å². The van der Waals surface area contributed by atoms with E-state index in [1.54, 1.807) is 5.48 Å². The number of unbranched alkanes of at least 4 members (excludes halogenated alkanes) is 26. The molecule has 0 aliphatic rings. The number of hydrogen-bond acceptors (Lipinski definition) is 4. The summed E-state index contributed by atoms with van der Waals surface area (Å²) in [6.45, 7) is 0.160. The van der Waals surface area contributed by atoms with Crippen LogP contribution in [0, 0.1) is 0 Å². The molecule has 0 spiro atoms. The van der Waals surface area contributed by atoms with Crippen LogP contribution in [0.1, 0.15) is 180 Å². The Balaban J connectivity index is 3.07. The van der Waals surface area contributed by atoms with Crippen molar-refractivity contribution in [2.45, 2.75) is 180 Å². The molecule has 1 amide bonds. The molecule has 0 aliphatic heterocycles. The van der Waals surface area contributed by atoms with E-state index in [0.717, 1.165) is 32.1 Å². The minimum absolute atomic E-state index is 0.160. The molecule has 0 saturated heterocycles. The van der Waals surface area contributed by atoms with Crippen LogP contribution in [0.3, 0.4) is 0 Å². The molecule has 4 N–H and O–H groups in total. The van der Waals surface area contributed by atoms with Gasteiger partial charge in [0.15, 0.2) is 0 Å². The van der Waals surface area contributed by atoms with Crippen molar-refractivity contribution in [2.24, 2.45) is 0 Å². The van der Waals surface area contributed by atoms with Crippen molar-refractivity contribution >= 4 is 13.7 Å². The lowest BCUT2D eigenvalue weighted by Crippen LogP contribution is -2.17. The van der Waals surface area contributed by atoms with E-state index < -0.39 is 7.82 Å². The fourth-order valence-corrected chi connectivity index (χ4v) is 5.41. The molecule has 0 aliphatic carbocycles. The summed E-state index contributed by atoms with van der Waals surface area (Å²) >= 11 is 0. The van der Waals surface area contributed by atoms with Crippen LogP contribution in [0.4, 0.5) is 0 Å². The van der Waals surface area contributed by atoms with Crippen LogP contribution in [-0.2, 0) is 13.9 Å². The van der Waals surface area contributed by atoms with Gasteiger partial charge in [-0.1, -0.05) is 161 Å². The lowest BCUT2D eigenvalue weighted by molar-refractivity contribution is -0.129. The van der Waals surface area contributed by atoms with E-state index in [4.69, 9.17) is 15.0 Å². The zero-order valence-electron chi connectivity index (χ0n) is 24.5. The number of carbonyl (C=O) groups is 1. The standard InChI is InChI=1S/C30H62NO6P/c32-30(31-33)28-26-24-22-20-18-16-14-12-10-8-6-4-2-1-3-5-7-9-11-13-15-17-19-21-23-25-27-29-37-38(34,35)36/h33H,1-29H2,(H,31,32)(H2,34,35,36). The third-order valence-corrected chi connectivity index (χ3v) is 7.95. The van der Waals surface area contributed by atoms with Crippen molar-refractivity contribution in [3.63, 3.8) is 0 Å². The minimum atomic E-state index is -4.28. The second-order valence-electron chi connectivity index (χ2n) is 11.2. The van der Waals surface area contributed by atoms with Crippen LogP contribution in [0.5, 0.6) is 0 Å². The molecule has 0 rings (SSSR count). The maximum atomic E-state index is 10.9. The fourth-order valence-electron chi connectivity index (χ4n) is 5.05. The summed E-state index contributed by atoms with van der Waals surface area (Å²) in [5, 5.41) is 8.44. The molecular weight excluding hydrogens is 501 g/mol. The van der Waals surface area contributed by atoms with Gasteiger partial charge in [-0.2, -0.15) is 0 Å². The Hall–Kier alpha value is -0.460. The first-order chi connectivity index (χ1) is 18.5. The van der Waals surface area contributed by atoms with Gasteiger partial charge < -0.3 is 9.79 Å². The van der Waals surface area contributed by atoms with Crippen LogP contribution in [-0.4, -0.2) is 27.5 Å². The van der Waals surface area contributed by atoms with E-state index in [1.807, 2.05) is 0 Å². The highest BCUT2D eigenvalue weighted by Gasteiger charge is 2.12. The number of amides is 1. The molecule has 7 nitrogen and oxygen atoms in total. The van der Waals surface area contributed by atoms with Gasteiger partial charge in [0.1, 0.15) is 0 Å². The normalized spacial score (nSPS) is 11.8. The zero-order chi connectivity index (χ0) is 28.0. The molecule has 0 radical (unpaired) electrons. The van der Waals surface area contributed by atoms with Gasteiger partial charge in [-0.3, -0.25) is 14.5 Å². The first kappa shape index (κ1) is 37.5. The number of nitrogens with one attached hydrogen (secondary N) is 1. The number of carbonyl (C=O) groups excluding carboxylic acids is 1. The number of rotatable bonds is 31. The Labute approximate surface area is 234 Å². The number of phosphoric ester groups is 1. The van der Waals surface area contributed by atoms with Crippen molar-refractivity contribution in [2.75, 3.05) is 6.61 Å². The SMILES string of the molecule is O=C(CCCCCCCCCCCCCCCCCCCCCCCCCCCCCOP(=O)(O)O)NO. The fraction of sp³-hybridized carbons (Fsp3) is 0.967. The van der Waals surface area contributed by atoms with E-state index in [2.05, 4.69) is 4.52 Å². The number of hydroxylamine groups is 1. The second kappa shape index (κ2) is 29.5. The van der Waals surface area contributed by atoms with Crippen LogP contribution in [0.2, 0.25) is 0 Å². The lowest BCUT2D eigenvalue weighted by Gasteiger charge is -2.05. The summed E-state index contributed by atoms with van der Waals surface area (Å²) in [4.78, 5) is 28.1. The minimum Gasteiger partial charge on any atom is -0.303 e. The molecule has 8 heteroatoms. The highest BCUT2D eigenvalue weighted by atomic mass is 31.2. The molecule has 228 valence electrons. The monoisotopic (exact) mass is 563 g/mol. The van der Waals surface area contributed by atoms with E-state index in [-0.39, 0.29) is 12.5 Å². The summed E-state index contributed by atoms with van der Waals surface area (Å²) in [6, 6.07) is 0. The summed E-state index contributed by atoms with van der Waals surface area (Å²) < 4.78 is 15.0. The van der Waals surface area contributed by atoms with E-state index in [1.165, 1.54) is 141 Å². The first-order valence-electron chi connectivity index (χ1n) is 16.1. The molecule has 0 bridgehead atoms. The molecule has 0 atom stereocenters. The summed E-state index contributed by atoms with van der Waals surface area (Å²) in [7, 11) is -4.28. The highest BCUT2D eigenvalue weighted by Crippen LogP contribution is 2.35. The molecule has 0 aromatic rings. The Morgan fingerprint density at radius 3 is 0.947 bits per heavy atom. The van der Waals surface area contributed by atoms with E-state index in [9.17, 15) is 9.36 Å². The summed E-state index contributed by atoms with van der Waals surface area (Å²) in [6.07, 6.45) is 35.1. The lowest BCUT2D eigenvalue weighted by atomic mass is 10.0. The Morgan fingerprint density at radius 1 is 0.474 bits per heavy atom. The quantitative estimate of drug-likeness (QED) is 0.0289. The van der Waals surface area contributed by atoms with Crippen LogP contribution in [0.25, 0.3) is 0 Å².